The molecule has 150 valence electrons. The number of aliphatic imine (C=N–C) groups is 1. The van der Waals surface area contributed by atoms with E-state index < -0.39 is 0 Å². The highest BCUT2D eigenvalue weighted by Gasteiger charge is 2.26. The van der Waals surface area contributed by atoms with Crippen LogP contribution < -0.4 is 15.5 Å². The minimum absolute atomic E-state index is 0.428. The van der Waals surface area contributed by atoms with Crippen molar-refractivity contribution in [1.82, 2.24) is 15.5 Å². The Balaban J connectivity index is 1.49. The summed E-state index contributed by atoms with van der Waals surface area (Å²) in [6.45, 7) is 11.3. The van der Waals surface area contributed by atoms with Gasteiger partial charge in [0.15, 0.2) is 5.96 Å². The Labute approximate surface area is 164 Å². The lowest BCUT2D eigenvalue weighted by atomic mass is 10.0. The van der Waals surface area contributed by atoms with Gasteiger partial charge in [-0.05, 0) is 24.5 Å². The van der Waals surface area contributed by atoms with Gasteiger partial charge in [0.2, 0.25) is 0 Å². The standard InChI is InChI=1S/C21H35N5O/c1-17(2)20(25-11-13-27-14-12-25)15-23-21(22-3)24-18-9-10-26(16-18)19-7-5-4-6-8-19/h4-8,17-18,20H,9-16H2,1-3H3,(H2,22,23,24). The maximum absolute atomic E-state index is 5.51. The highest BCUT2D eigenvalue weighted by molar-refractivity contribution is 5.80. The molecular formula is C21H35N5O. The van der Waals surface area contributed by atoms with Crippen LogP contribution >= 0.6 is 0 Å². The van der Waals surface area contributed by atoms with Crippen molar-refractivity contribution in [1.29, 1.82) is 0 Å². The minimum Gasteiger partial charge on any atom is -0.379 e. The van der Waals surface area contributed by atoms with E-state index in [1.54, 1.807) is 0 Å². The van der Waals surface area contributed by atoms with Gasteiger partial charge in [0.25, 0.3) is 0 Å². The van der Waals surface area contributed by atoms with Gasteiger partial charge in [-0.1, -0.05) is 32.0 Å². The Morgan fingerprint density at radius 1 is 1.19 bits per heavy atom. The summed E-state index contributed by atoms with van der Waals surface area (Å²) < 4.78 is 5.51. The largest absolute Gasteiger partial charge is 0.379 e. The number of benzene rings is 1. The average molecular weight is 374 g/mol. The molecule has 2 atom stereocenters. The number of hydrogen-bond acceptors (Lipinski definition) is 4. The zero-order valence-corrected chi connectivity index (χ0v) is 17.0. The number of para-hydroxylation sites is 1. The molecular weight excluding hydrogens is 338 g/mol. The van der Waals surface area contributed by atoms with E-state index in [9.17, 15) is 0 Å². The summed E-state index contributed by atoms with van der Waals surface area (Å²) in [5.74, 6) is 1.50. The summed E-state index contributed by atoms with van der Waals surface area (Å²) >= 11 is 0. The summed E-state index contributed by atoms with van der Waals surface area (Å²) in [6, 6.07) is 11.6. The fourth-order valence-electron chi connectivity index (χ4n) is 4.04. The molecule has 0 aliphatic carbocycles. The highest BCUT2D eigenvalue weighted by Crippen LogP contribution is 2.19. The van der Waals surface area contributed by atoms with Gasteiger partial charge in [-0.15, -0.1) is 0 Å². The van der Waals surface area contributed by atoms with Crippen LogP contribution in [0, 0.1) is 5.92 Å². The van der Waals surface area contributed by atoms with Crippen LogP contribution in [0.25, 0.3) is 0 Å². The van der Waals surface area contributed by atoms with Crippen molar-refractivity contribution in [3.63, 3.8) is 0 Å². The normalized spacial score (nSPS) is 22.9. The topological polar surface area (TPSA) is 52.1 Å². The van der Waals surface area contributed by atoms with E-state index in [0.29, 0.717) is 18.0 Å². The van der Waals surface area contributed by atoms with Crippen molar-refractivity contribution in [2.45, 2.75) is 32.4 Å². The number of nitrogens with one attached hydrogen (secondary N) is 2. The fourth-order valence-corrected chi connectivity index (χ4v) is 4.04. The molecule has 1 aromatic rings. The maximum Gasteiger partial charge on any atom is 0.191 e. The molecule has 2 unspecified atom stereocenters. The van der Waals surface area contributed by atoms with Crippen LogP contribution in [0.2, 0.25) is 0 Å². The lowest BCUT2D eigenvalue weighted by Crippen LogP contribution is -2.53. The van der Waals surface area contributed by atoms with E-state index in [1.807, 2.05) is 7.05 Å². The molecule has 1 aromatic carbocycles. The third-order valence-corrected chi connectivity index (χ3v) is 5.64. The third kappa shape index (κ3) is 5.59. The molecule has 2 saturated heterocycles. The van der Waals surface area contributed by atoms with Crippen LogP contribution in [0.15, 0.2) is 35.3 Å². The zero-order valence-electron chi connectivity index (χ0n) is 17.0. The number of anilines is 1. The van der Waals surface area contributed by atoms with Crippen molar-refractivity contribution in [3.05, 3.63) is 30.3 Å². The van der Waals surface area contributed by atoms with Gasteiger partial charge in [-0.2, -0.15) is 0 Å². The van der Waals surface area contributed by atoms with Crippen LogP contribution in [0.5, 0.6) is 0 Å². The quantitative estimate of drug-likeness (QED) is 0.588. The molecule has 0 saturated carbocycles. The second kappa shape index (κ2) is 9.95. The molecule has 6 heteroatoms. The van der Waals surface area contributed by atoms with Crippen LogP contribution in [-0.2, 0) is 4.74 Å². The molecule has 2 aliphatic heterocycles. The highest BCUT2D eigenvalue weighted by atomic mass is 16.5. The van der Waals surface area contributed by atoms with Crippen LogP contribution in [0.1, 0.15) is 20.3 Å². The summed E-state index contributed by atoms with van der Waals surface area (Å²) in [6.07, 6.45) is 1.13. The predicted octanol–water partition coefficient (Wildman–Crippen LogP) is 1.79. The predicted molar refractivity (Wildman–Crippen MR) is 113 cm³/mol. The molecule has 3 rings (SSSR count). The van der Waals surface area contributed by atoms with Crippen molar-refractivity contribution in [2.75, 3.05) is 57.9 Å². The van der Waals surface area contributed by atoms with Crippen molar-refractivity contribution in [3.8, 4) is 0 Å². The van der Waals surface area contributed by atoms with Crippen molar-refractivity contribution in [2.24, 2.45) is 10.9 Å². The van der Waals surface area contributed by atoms with Gasteiger partial charge >= 0.3 is 0 Å². The Bertz CT molecular complexity index is 585. The molecule has 2 fully saturated rings. The molecule has 0 aromatic heterocycles. The van der Waals surface area contributed by atoms with Gasteiger partial charge in [-0.25, -0.2) is 0 Å². The van der Waals surface area contributed by atoms with Gasteiger partial charge in [0, 0.05) is 57.5 Å². The fraction of sp³-hybridized carbons (Fsp3) is 0.667. The SMILES string of the molecule is CN=C(NCC(C(C)C)N1CCOCC1)NC1CCN(c2ccccc2)C1. The molecule has 2 N–H and O–H groups in total. The van der Waals surface area contributed by atoms with Crippen molar-refractivity contribution >= 4 is 11.6 Å². The molecule has 2 aliphatic rings. The Morgan fingerprint density at radius 2 is 1.93 bits per heavy atom. The van der Waals surface area contributed by atoms with E-state index in [2.05, 4.69) is 69.6 Å². The van der Waals surface area contributed by atoms with E-state index in [4.69, 9.17) is 4.74 Å². The third-order valence-electron chi connectivity index (χ3n) is 5.64. The van der Waals surface area contributed by atoms with E-state index >= 15 is 0 Å². The lowest BCUT2D eigenvalue weighted by molar-refractivity contribution is 0.00751. The van der Waals surface area contributed by atoms with E-state index in [1.165, 1.54) is 5.69 Å². The van der Waals surface area contributed by atoms with Gasteiger partial charge in [0.1, 0.15) is 0 Å². The number of rotatable bonds is 6. The first-order valence-electron chi connectivity index (χ1n) is 10.3. The molecule has 2 heterocycles. The smallest absolute Gasteiger partial charge is 0.191 e. The molecule has 6 nitrogen and oxygen atoms in total. The number of ether oxygens (including phenoxy) is 1. The van der Waals surface area contributed by atoms with Gasteiger partial charge in [-0.3, -0.25) is 9.89 Å². The lowest BCUT2D eigenvalue weighted by Gasteiger charge is -2.37. The first-order valence-corrected chi connectivity index (χ1v) is 10.3. The Morgan fingerprint density at radius 3 is 2.59 bits per heavy atom. The number of guanidine groups is 1. The first-order chi connectivity index (χ1) is 13.2. The number of nitrogens with zero attached hydrogens (tertiary/aromatic N) is 3. The summed E-state index contributed by atoms with van der Waals surface area (Å²) in [4.78, 5) is 9.44. The second-order valence-electron chi connectivity index (χ2n) is 7.82. The van der Waals surface area contributed by atoms with Gasteiger partial charge < -0.3 is 20.3 Å². The van der Waals surface area contributed by atoms with Crippen molar-refractivity contribution < 1.29 is 4.74 Å². The van der Waals surface area contributed by atoms with E-state index in [-0.39, 0.29) is 0 Å². The molecule has 0 bridgehead atoms. The number of hydrogen-bond donors (Lipinski definition) is 2. The summed E-state index contributed by atoms with van der Waals surface area (Å²) in [5, 5.41) is 7.18. The minimum atomic E-state index is 0.428. The van der Waals surface area contributed by atoms with E-state index in [0.717, 1.165) is 58.3 Å². The van der Waals surface area contributed by atoms with Crippen LogP contribution in [0.3, 0.4) is 0 Å². The summed E-state index contributed by atoms with van der Waals surface area (Å²) in [5.41, 5.74) is 1.30. The second-order valence-corrected chi connectivity index (χ2v) is 7.82. The monoisotopic (exact) mass is 373 g/mol. The van der Waals surface area contributed by atoms with Crippen LogP contribution in [0.4, 0.5) is 5.69 Å². The van der Waals surface area contributed by atoms with Gasteiger partial charge in [0.05, 0.1) is 13.2 Å². The average Bonchev–Trinajstić information content (AvgIpc) is 3.17. The zero-order chi connectivity index (χ0) is 19.1. The molecule has 0 radical (unpaired) electrons. The molecule has 0 amide bonds. The first kappa shape index (κ1) is 20.0. The Kier molecular flexibility index (Phi) is 7.35. The molecule has 27 heavy (non-hydrogen) atoms. The summed E-state index contributed by atoms with van der Waals surface area (Å²) in [7, 11) is 1.86. The maximum atomic E-state index is 5.51. The Hall–Kier alpha value is -1.79. The molecule has 0 spiro atoms. The number of morpholine rings is 1. The van der Waals surface area contributed by atoms with Crippen LogP contribution in [-0.4, -0.2) is 75.9 Å².